The summed E-state index contributed by atoms with van der Waals surface area (Å²) in [4.78, 5) is 10.5. The number of allylic oxidation sites excluding steroid dienone is 1. The second-order valence-corrected chi connectivity index (χ2v) is 4.97. The van der Waals surface area contributed by atoms with Crippen LogP contribution in [0.5, 0.6) is 0 Å². The zero-order valence-electron chi connectivity index (χ0n) is 8.91. The van der Waals surface area contributed by atoms with Crippen molar-refractivity contribution < 1.29 is 4.92 Å². The van der Waals surface area contributed by atoms with Crippen LogP contribution >= 0.6 is 27.5 Å². The van der Waals surface area contributed by atoms with Gasteiger partial charge in [-0.3, -0.25) is 10.1 Å². The maximum Gasteiger partial charge on any atom is 0.249 e. The van der Waals surface area contributed by atoms with E-state index in [0.29, 0.717) is 10.6 Å². The van der Waals surface area contributed by atoms with Crippen molar-refractivity contribution in [1.29, 1.82) is 0 Å². The lowest BCUT2D eigenvalue weighted by Crippen LogP contribution is -2.05. The van der Waals surface area contributed by atoms with Gasteiger partial charge >= 0.3 is 0 Å². The van der Waals surface area contributed by atoms with Gasteiger partial charge in [-0.15, -0.1) is 0 Å². The highest BCUT2D eigenvalue weighted by Crippen LogP contribution is 2.25. The lowest BCUT2D eigenvalue weighted by Gasteiger charge is -2.03. The Morgan fingerprint density at radius 3 is 2.69 bits per heavy atom. The van der Waals surface area contributed by atoms with E-state index in [4.69, 9.17) is 11.6 Å². The van der Waals surface area contributed by atoms with E-state index < -0.39 is 0 Å². The van der Waals surface area contributed by atoms with Gasteiger partial charge in [0.2, 0.25) is 5.70 Å². The van der Waals surface area contributed by atoms with Crippen LogP contribution in [0.1, 0.15) is 19.4 Å². The normalized spacial score (nSPS) is 11.9. The highest BCUT2D eigenvalue weighted by atomic mass is 79.9. The fraction of sp³-hybridized carbons (Fsp3) is 0.273. The Labute approximate surface area is 107 Å². The first-order valence-corrected chi connectivity index (χ1v) is 5.90. The summed E-state index contributed by atoms with van der Waals surface area (Å²) in [6, 6.07) is 5.25. The molecule has 0 unspecified atom stereocenters. The third-order valence-electron chi connectivity index (χ3n) is 2.06. The molecule has 1 aromatic rings. The van der Waals surface area contributed by atoms with Crippen LogP contribution in [-0.2, 0) is 0 Å². The molecule has 5 heteroatoms. The second kappa shape index (κ2) is 5.46. The molecule has 3 nitrogen and oxygen atoms in total. The molecule has 0 spiro atoms. The molecule has 16 heavy (non-hydrogen) atoms. The quantitative estimate of drug-likeness (QED) is 0.614. The predicted molar refractivity (Wildman–Crippen MR) is 69.0 cm³/mol. The Balaban J connectivity index is 3.22. The predicted octanol–water partition coefficient (Wildman–Crippen LogP) is 4.38. The van der Waals surface area contributed by atoms with Crippen LogP contribution < -0.4 is 0 Å². The Morgan fingerprint density at radius 2 is 2.19 bits per heavy atom. The molecule has 0 bridgehead atoms. The summed E-state index contributed by atoms with van der Waals surface area (Å²) in [6.45, 7) is 3.56. The van der Waals surface area contributed by atoms with Crippen molar-refractivity contribution in [3.63, 3.8) is 0 Å². The van der Waals surface area contributed by atoms with Gasteiger partial charge in [0.05, 0.1) is 4.92 Å². The van der Waals surface area contributed by atoms with Crippen molar-refractivity contribution >= 4 is 33.6 Å². The van der Waals surface area contributed by atoms with E-state index in [9.17, 15) is 10.1 Å². The second-order valence-electron chi connectivity index (χ2n) is 3.65. The van der Waals surface area contributed by atoms with E-state index in [1.807, 2.05) is 0 Å². The van der Waals surface area contributed by atoms with E-state index in [1.54, 1.807) is 32.0 Å². The Kier molecular flexibility index (Phi) is 4.50. The largest absolute Gasteiger partial charge is 0.259 e. The molecule has 0 aromatic heterocycles. The van der Waals surface area contributed by atoms with Crippen LogP contribution in [0, 0.1) is 16.0 Å². The van der Waals surface area contributed by atoms with Gasteiger partial charge in [-0.25, -0.2) is 0 Å². The SMILES string of the molecule is CC(C)/C(=C/c1cc(Br)ccc1Cl)[N+](=O)[O-]. The molecule has 0 amide bonds. The molecular weight excluding hydrogens is 293 g/mol. The first-order valence-electron chi connectivity index (χ1n) is 4.73. The van der Waals surface area contributed by atoms with Crippen molar-refractivity contribution in [1.82, 2.24) is 0 Å². The summed E-state index contributed by atoms with van der Waals surface area (Å²) in [5, 5.41) is 11.3. The summed E-state index contributed by atoms with van der Waals surface area (Å²) in [6.07, 6.45) is 1.51. The molecule has 0 fully saturated rings. The van der Waals surface area contributed by atoms with Gasteiger partial charge in [-0.2, -0.15) is 0 Å². The zero-order valence-corrected chi connectivity index (χ0v) is 11.2. The minimum absolute atomic E-state index is 0.148. The zero-order chi connectivity index (χ0) is 12.3. The molecule has 0 saturated carbocycles. The van der Waals surface area contributed by atoms with E-state index >= 15 is 0 Å². The van der Waals surface area contributed by atoms with Crippen LogP contribution in [0.4, 0.5) is 0 Å². The van der Waals surface area contributed by atoms with Gasteiger partial charge in [0, 0.05) is 27.1 Å². The van der Waals surface area contributed by atoms with Crippen molar-refractivity contribution in [3.05, 3.63) is 49.1 Å². The smallest absolute Gasteiger partial charge is 0.249 e. The third kappa shape index (κ3) is 3.32. The monoisotopic (exact) mass is 303 g/mol. The molecule has 0 aliphatic rings. The molecule has 0 atom stereocenters. The first-order chi connectivity index (χ1) is 7.41. The Morgan fingerprint density at radius 1 is 1.56 bits per heavy atom. The van der Waals surface area contributed by atoms with Crippen LogP contribution in [-0.4, -0.2) is 4.92 Å². The van der Waals surface area contributed by atoms with Crippen molar-refractivity contribution in [2.45, 2.75) is 13.8 Å². The Bertz CT molecular complexity index is 444. The van der Waals surface area contributed by atoms with Crippen LogP contribution in [0.25, 0.3) is 6.08 Å². The lowest BCUT2D eigenvalue weighted by atomic mass is 10.1. The minimum atomic E-state index is -0.373. The first kappa shape index (κ1) is 13.2. The topological polar surface area (TPSA) is 43.1 Å². The molecule has 1 aromatic carbocycles. The van der Waals surface area contributed by atoms with Gasteiger partial charge in [0.15, 0.2) is 0 Å². The number of halogens is 2. The standard InChI is InChI=1S/C11H11BrClNO2/c1-7(2)11(14(15)16)6-8-5-9(12)3-4-10(8)13/h3-7H,1-2H3/b11-6-. The van der Waals surface area contributed by atoms with E-state index in [0.717, 1.165) is 4.47 Å². The number of hydrogen-bond acceptors (Lipinski definition) is 2. The van der Waals surface area contributed by atoms with Crippen LogP contribution in [0.15, 0.2) is 28.4 Å². The van der Waals surface area contributed by atoms with Gasteiger partial charge in [-0.1, -0.05) is 41.4 Å². The minimum Gasteiger partial charge on any atom is -0.259 e. The van der Waals surface area contributed by atoms with Crippen molar-refractivity contribution in [3.8, 4) is 0 Å². The van der Waals surface area contributed by atoms with Crippen molar-refractivity contribution in [2.75, 3.05) is 0 Å². The number of hydrogen-bond donors (Lipinski definition) is 0. The maximum absolute atomic E-state index is 10.8. The molecule has 0 heterocycles. The molecular formula is C11H11BrClNO2. The summed E-state index contributed by atoms with van der Waals surface area (Å²) < 4.78 is 0.842. The van der Waals surface area contributed by atoms with E-state index in [2.05, 4.69) is 15.9 Å². The summed E-state index contributed by atoms with van der Waals surface area (Å²) in [7, 11) is 0. The molecule has 0 radical (unpaired) electrons. The number of rotatable bonds is 3. The van der Waals surface area contributed by atoms with Crippen LogP contribution in [0.2, 0.25) is 5.02 Å². The average molecular weight is 305 g/mol. The molecule has 0 saturated heterocycles. The van der Waals surface area contributed by atoms with Crippen molar-refractivity contribution in [2.24, 2.45) is 5.92 Å². The van der Waals surface area contributed by atoms with Gasteiger partial charge in [-0.05, 0) is 18.2 Å². The average Bonchev–Trinajstić information content (AvgIpc) is 2.18. The highest BCUT2D eigenvalue weighted by Gasteiger charge is 2.16. The highest BCUT2D eigenvalue weighted by molar-refractivity contribution is 9.10. The summed E-state index contributed by atoms with van der Waals surface area (Å²) in [5.41, 5.74) is 0.802. The van der Waals surface area contributed by atoms with Gasteiger partial charge in [0.25, 0.3) is 0 Å². The number of nitrogens with zero attached hydrogens (tertiary/aromatic N) is 1. The molecule has 0 aliphatic carbocycles. The lowest BCUT2D eigenvalue weighted by molar-refractivity contribution is -0.431. The van der Waals surface area contributed by atoms with Crippen LogP contribution in [0.3, 0.4) is 0 Å². The summed E-state index contributed by atoms with van der Waals surface area (Å²) in [5.74, 6) is -0.148. The fourth-order valence-electron chi connectivity index (χ4n) is 1.21. The van der Waals surface area contributed by atoms with Gasteiger partial charge < -0.3 is 0 Å². The fourth-order valence-corrected chi connectivity index (χ4v) is 1.77. The van der Waals surface area contributed by atoms with E-state index in [1.165, 1.54) is 6.08 Å². The number of nitro groups is 1. The molecule has 86 valence electrons. The maximum atomic E-state index is 10.8. The van der Waals surface area contributed by atoms with E-state index in [-0.39, 0.29) is 16.5 Å². The third-order valence-corrected chi connectivity index (χ3v) is 2.90. The number of benzene rings is 1. The molecule has 0 aliphatic heterocycles. The summed E-state index contributed by atoms with van der Waals surface area (Å²) >= 11 is 9.26. The van der Waals surface area contributed by atoms with Gasteiger partial charge in [0.1, 0.15) is 0 Å². The molecule has 0 N–H and O–H groups in total. The molecule has 1 rings (SSSR count). The Hall–Kier alpha value is -0.870.